The third kappa shape index (κ3) is 3.36. The van der Waals surface area contributed by atoms with Crippen LogP contribution in [0.1, 0.15) is 17.3 Å². The van der Waals surface area contributed by atoms with Crippen LogP contribution in [0, 0.1) is 0 Å². The lowest BCUT2D eigenvalue weighted by molar-refractivity contribution is 0.0996. The number of carbonyl (C=O) groups is 2. The lowest BCUT2D eigenvalue weighted by Gasteiger charge is -2.04. The maximum Gasteiger partial charge on any atom is 0.409 e. The Morgan fingerprint density at radius 2 is 1.87 bits per heavy atom. The summed E-state index contributed by atoms with van der Waals surface area (Å²) in [5, 5.41) is 10.6. The molecule has 0 saturated carbocycles. The molecule has 1 amide bonds. The number of hydrogen-bond donors (Lipinski definition) is 2. The van der Waals surface area contributed by atoms with Crippen LogP contribution in [0.15, 0.2) is 24.3 Å². The second kappa shape index (κ2) is 4.93. The summed E-state index contributed by atoms with van der Waals surface area (Å²) in [6.45, 7) is 1.74. The number of alkyl halides is 1. The van der Waals surface area contributed by atoms with E-state index in [4.69, 9.17) is 5.11 Å². The lowest BCUT2D eigenvalue weighted by atomic mass is 10.1. The van der Waals surface area contributed by atoms with Crippen LogP contribution < -0.4 is 5.32 Å². The highest BCUT2D eigenvalue weighted by Gasteiger charge is 2.11. The molecule has 0 aliphatic rings. The van der Waals surface area contributed by atoms with Crippen LogP contribution in [0.5, 0.6) is 0 Å². The standard InChI is InChI=1S/C10H10BrNO3/c1-6(11)9(13)7-2-4-8(5-3-7)12-10(14)15/h2-6,12H,1H3,(H,14,15). The molecule has 0 heterocycles. The number of carbonyl (C=O) groups excluding carboxylic acids is 1. The minimum Gasteiger partial charge on any atom is -0.465 e. The molecule has 5 heteroatoms. The molecule has 1 aromatic carbocycles. The number of carboxylic acid groups (broad SMARTS) is 1. The zero-order valence-electron chi connectivity index (χ0n) is 8.03. The van der Waals surface area contributed by atoms with Crippen LogP contribution in [-0.4, -0.2) is 21.8 Å². The summed E-state index contributed by atoms with van der Waals surface area (Å²) < 4.78 is 0. The summed E-state index contributed by atoms with van der Waals surface area (Å²) in [4.78, 5) is 21.6. The largest absolute Gasteiger partial charge is 0.465 e. The van der Waals surface area contributed by atoms with Crippen molar-refractivity contribution in [2.75, 3.05) is 5.32 Å². The summed E-state index contributed by atoms with van der Waals surface area (Å²) in [6, 6.07) is 6.28. The molecule has 0 aromatic heterocycles. The second-order valence-corrected chi connectivity index (χ2v) is 4.36. The van der Waals surface area contributed by atoms with E-state index in [-0.39, 0.29) is 10.6 Å². The van der Waals surface area contributed by atoms with E-state index in [1.54, 1.807) is 31.2 Å². The minimum absolute atomic E-state index is 0.0307. The van der Waals surface area contributed by atoms with Crippen LogP contribution in [0.2, 0.25) is 0 Å². The van der Waals surface area contributed by atoms with Gasteiger partial charge in [-0.25, -0.2) is 4.79 Å². The first-order valence-corrected chi connectivity index (χ1v) is 5.20. The molecule has 0 saturated heterocycles. The lowest BCUT2D eigenvalue weighted by Crippen LogP contribution is -2.11. The Kier molecular flexibility index (Phi) is 3.85. The predicted octanol–water partition coefficient (Wildman–Crippen LogP) is 2.74. The number of amides is 1. The summed E-state index contributed by atoms with van der Waals surface area (Å²) in [6.07, 6.45) is -1.12. The van der Waals surface area contributed by atoms with Gasteiger partial charge in [-0.1, -0.05) is 15.9 Å². The molecule has 1 unspecified atom stereocenters. The van der Waals surface area contributed by atoms with E-state index in [1.807, 2.05) is 0 Å². The highest BCUT2D eigenvalue weighted by molar-refractivity contribution is 9.10. The van der Waals surface area contributed by atoms with Gasteiger partial charge in [0.05, 0.1) is 4.83 Å². The number of hydrogen-bond acceptors (Lipinski definition) is 2. The molecule has 1 rings (SSSR count). The number of halogens is 1. The molecule has 0 aliphatic carbocycles. The molecule has 80 valence electrons. The van der Waals surface area contributed by atoms with E-state index in [0.29, 0.717) is 11.3 Å². The fraction of sp³-hybridized carbons (Fsp3) is 0.200. The van der Waals surface area contributed by atoms with Gasteiger partial charge in [0.1, 0.15) is 0 Å². The molecule has 2 N–H and O–H groups in total. The third-order valence-corrected chi connectivity index (χ3v) is 2.20. The molecule has 4 nitrogen and oxygen atoms in total. The van der Waals surface area contributed by atoms with Gasteiger partial charge in [-0.2, -0.15) is 0 Å². The molecule has 1 aromatic rings. The number of Topliss-reactive ketones (excluding diaryl/α,β-unsaturated/α-hetero) is 1. The monoisotopic (exact) mass is 271 g/mol. The Labute approximate surface area is 95.4 Å². The minimum atomic E-state index is -1.12. The van der Waals surface area contributed by atoms with Crippen LogP contribution in [-0.2, 0) is 0 Å². The molecular formula is C10H10BrNO3. The van der Waals surface area contributed by atoms with Crippen molar-refractivity contribution in [3.05, 3.63) is 29.8 Å². The fourth-order valence-corrected chi connectivity index (χ4v) is 1.34. The van der Waals surface area contributed by atoms with Crippen molar-refractivity contribution in [3.63, 3.8) is 0 Å². The van der Waals surface area contributed by atoms with Gasteiger partial charge in [-0.3, -0.25) is 10.1 Å². The maximum absolute atomic E-state index is 11.5. The van der Waals surface area contributed by atoms with E-state index in [9.17, 15) is 9.59 Å². The van der Waals surface area contributed by atoms with Gasteiger partial charge in [0.2, 0.25) is 0 Å². The first kappa shape index (κ1) is 11.7. The normalized spacial score (nSPS) is 11.9. The number of anilines is 1. The highest BCUT2D eigenvalue weighted by Crippen LogP contribution is 2.13. The molecule has 0 fully saturated rings. The molecule has 1 atom stereocenters. The van der Waals surface area contributed by atoms with Gasteiger partial charge in [0.25, 0.3) is 0 Å². The van der Waals surface area contributed by atoms with Gasteiger partial charge in [-0.15, -0.1) is 0 Å². The summed E-state index contributed by atoms with van der Waals surface area (Å²) in [5.74, 6) is -0.0307. The van der Waals surface area contributed by atoms with Crippen LogP contribution in [0.25, 0.3) is 0 Å². The van der Waals surface area contributed by atoms with E-state index in [0.717, 1.165) is 0 Å². The van der Waals surface area contributed by atoms with Gasteiger partial charge >= 0.3 is 6.09 Å². The summed E-state index contributed by atoms with van der Waals surface area (Å²) >= 11 is 3.18. The Bertz CT molecular complexity index is 373. The van der Waals surface area contributed by atoms with Crippen molar-refractivity contribution in [2.45, 2.75) is 11.8 Å². The molecule has 0 aliphatic heterocycles. The van der Waals surface area contributed by atoms with Crippen molar-refractivity contribution in [1.29, 1.82) is 0 Å². The van der Waals surface area contributed by atoms with Crippen molar-refractivity contribution in [3.8, 4) is 0 Å². The van der Waals surface area contributed by atoms with Crippen LogP contribution >= 0.6 is 15.9 Å². The van der Waals surface area contributed by atoms with Crippen molar-refractivity contribution >= 4 is 33.5 Å². The Morgan fingerprint density at radius 1 is 1.33 bits per heavy atom. The quantitative estimate of drug-likeness (QED) is 0.656. The average molecular weight is 272 g/mol. The van der Waals surface area contributed by atoms with Gasteiger partial charge in [-0.05, 0) is 31.2 Å². The van der Waals surface area contributed by atoms with Gasteiger partial charge < -0.3 is 5.11 Å². The topological polar surface area (TPSA) is 66.4 Å². The van der Waals surface area contributed by atoms with Gasteiger partial charge in [0, 0.05) is 11.3 Å². The van der Waals surface area contributed by atoms with Crippen molar-refractivity contribution in [1.82, 2.24) is 0 Å². The molecule has 0 bridgehead atoms. The average Bonchev–Trinajstić information content (AvgIpc) is 2.17. The Morgan fingerprint density at radius 3 is 2.27 bits per heavy atom. The zero-order valence-corrected chi connectivity index (χ0v) is 9.61. The molecule has 0 radical (unpaired) electrons. The van der Waals surface area contributed by atoms with E-state index < -0.39 is 6.09 Å². The predicted molar refractivity (Wildman–Crippen MR) is 60.8 cm³/mol. The first-order chi connectivity index (χ1) is 7.00. The molecule has 0 spiro atoms. The van der Waals surface area contributed by atoms with E-state index in [2.05, 4.69) is 21.2 Å². The second-order valence-electron chi connectivity index (χ2n) is 2.99. The number of nitrogens with one attached hydrogen (secondary N) is 1. The Balaban J connectivity index is 2.81. The third-order valence-electron chi connectivity index (χ3n) is 1.78. The summed E-state index contributed by atoms with van der Waals surface area (Å²) in [7, 11) is 0. The van der Waals surface area contributed by atoms with E-state index in [1.165, 1.54) is 0 Å². The van der Waals surface area contributed by atoms with Crippen LogP contribution in [0.4, 0.5) is 10.5 Å². The van der Waals surface area contributed by atoms with Crippen molar-refractivity contribution in [2.24, 2.45) is 0 Å². The maximum atomic E-state index is 11.5. The smallest absolute Gasteiger partial charge is 0.409 e. The Hall–Kier alpha value is -1.36. The van der Waals surface area contributed by atoms with Gasteiger partial charge in [0.15, 0.2) is 5.78 Å². The van der Waals surface area contributed by atoms with Crippen molar-refractivity contribution < 1.29 is 14.7 Å². The SMILES string of the molecule is CC(Br)C(=O)c1ccc(NC(=O)O)cc1. The molecule has 15 heavy (non-hydrogen) atoms. The van der Waals surface area contributed by atoms with E-state index >= 15 is 0 Å². The number of benzene rings is 1. The highest BCUT2D eigenvalue weighted by atomic mass is 79.9. The number of ketones is 1. The number of rotatable bonds is 3. The zero-order chi connectivity index (χ0) is 11.4. The fourth-order valence-electron chi connectivity index (χ4n) is 1.07. The molecular weight excluding hydrogens is 262 g/mol. The summed E-state index contributed by atoms with van der Waals surface area (Å²) in [5.41, 5.74) is 0.997. The van der Waals surface area contributed by atoms with Crippen LogP contribution in [0.3, 0.4) is 0 Å². The first-order valence-electron chi connectivity index (χ1n) is 4.29.